The zero-order chi connectivity index (χ0) is 89.6. The Hall–Kier alpha value is -18.0. The van der Waals surface area contributed by atoms with E-state index in [1.54, 1.807) is 24.3 Å². The molecule has 0 unspecified atom stereocenters. The normalized spacial score (nSPS) is 12.8. The van der Waals surface area contributed by atoms with Gasteiger partial charge in [-0.05, 0) is 281 Å². The fourth-order valence-corrected chi connectivity index (χ4v) is 22.1. The van der Waals surface area contributed by atoms with Gasteiger partial charge in [-0.25, -0.2) is 0 Å². The summed E-state index contributed by atoms with van der Waals surface area (Å²) in [6.45, 7) is 0. The molecule has 12 nitrogen and oxygen atoms in total. The molecule has 0 saturated carbocycles. The molecular formula is C122H82N8O4. The first kappa shape index (κ1) is 78.3. The fraction of sp³-hybridized carbons (Fsp3) is 0.0164. The highest BCUT2D eigenvalue weighted by Crippen LogP contribution is 2.61. The quantitative estimate of drug-likeness (QED) is 0.0627. The zero-order valence-corrected chi connectivity index (χ0v) is 72.3. The molecule has 20 aromatic carbocycles. The smallest absolute Gasteiger partial charge is 0.269 e. The monoisotopic (exact) mass is 1720 g/mol. The number of nitrogen functional groups attached to an aromatic ring is 2. The van der Waals surface area contributed by atoms with Gasteiger partial charge in [-0.1, -0.05) is 267 Å². The van der Waals surface area contributed by atoms with Crippen molar-refractivity contribution in [1.82, 2.24) is 18.3 Å². The van der Waals surface area contributed by atoms with Gasteiger partial charge in [-0.3, -0.25) is 20.2 Å². The molecule has 0 radical (unpaired) electrons. The molecular weight excluding hydrogens is 1640 g/mol. The Morgan fingerprint density at radius 2 is 0.396 bits per heavy atom. The lowest BCUT2D eigenvalue weighted by Crippen LogP contribution is -2.28. The molecule has 26 rings (SSSR count). The van der Waals surface area contributed by atoms with E-state index in [1.807, 2.05) is 60.7 Å². The summed E-state index contributed by atoms with van der Waals surface area (Å²) in [6.07, 6.45) is 0. The van der Waals surface area contributed by atoms with Gasteiger partial charge in [0, 0.05) is 103 Å². The van der Waals surface area contributed by atoms with Gasteiger partial charge in [-0.15, -0.1) is 0 Å². The fourth-order valence-electron chi connectivity index (χ4n) is 22.1. The molecule has 134 heavy (non-hydrogen) atoms. The number of non-ortho nitro benzene ring substituents is 2. The van der Waals surface area contributed by atoms with E-state index in [1.165, 1.54) is 77.0 Å². The summed E-state index contributed by atoms with van der Waals surface area (Å²) in [4.78, 5) is 23.5. The lowest BCUT2D eigenvalue weighted by atomic mass is 9.67. The number of para-hydroxylation sites is 8. The number of aromatic nitrogens is 4. The minimum atomic E-state index is -1.04. The predicted octanol–water partition coefficient (Wildman–Crippen LogP) is 30.4. The number of benzene rings is 20. The average Bonchev–Trinajstić information content (AvgIpc) is 1.53. The van der Waals surface area contributed by atoms with E-state index < -0.39 is 10.8 Å². The van der Waals surface area contributed by atoms with E-state index in [0.717, 1.165) is 156 Å². The first-order valence-corrected chi connectivity index (χ1v) is 45.1. The van der Waals surface area contributed by atoms with Crippen LogP contribution in [0.1, 0.15) is 45.9 Å². The second-order valence-corrected chi connectivity index (χ2v) is 35.1. The van der Waals surface area contributed by atoms with Crippen molar-refractivity contribution in [2.24, 2.45) is 0 Å². The van der Waals surface area contributed by atoms with Crippen LogP contribution in [0.4, 0.5) is 22.7 Å². The van der Waals surface area contributed by atoms with Crippen LogP contribution < -0.4 is 11.5 Å². The minimum Gasteiger partial charge on any atom is -0.399 e. The second kappa shape index (κ2) is 30.9. The highest BCUT2D eigenvalue weighted by Gasteiger charge is 2.49. The third-order valence-corrected chi connectivity index (χ3v) is 28.1. The van der Waals surface area contributed by atoms with Crippen molar-refractivity contribution < 1.29 is 11.3 Å². The molecule has 2 aliphatic carbocycles. The Labute approximate surface area is 772 Å². The van der Waals surface area contributed by atoms with Crippen molar-refractivity contribution in [1.29, 1.82) is 0 Å². The molecule has 0 bridgehead atoms. The van der Waals surface area contributed by atoms with Crippen molar-refractivity contribution in [3.63, 3.8) is 0 Å². The summed E-state index contributed by atoms with van der Waals surface area (Å²) in [5.74, 6) is 0. The molecule has 634 valence electrons. The Balaban J connectivity index is 0.000000147. The zero-order valence-electron chi connectivity index (χ0n) is 72.3. The van der Waals surface area contributed by atoms with Gasteiger partial charge in [-0.2, -0.15) is 0 Å². The Kier molecular flexibility index (Phi) is 18.0. The number of anilines is 2. The molecule has 24 aromatic rings. The third kappa shape index (κ3) is 12.2. The molecule has 4 N–H and O–H groups in total. The van der Waals surface area contributed by atoms with Crippen molar-refractivity contribution >= 4 is 110 Å². The van der Waals surface area contributed by atoms with Crippen LogP contribution in [0.3, 0.4) is 0 Å². The molecule has 0 fully saturated rings. The molecule has 0 saturated heterocycles. The minimum absolute atomic E-state index is 0. The van der Waals surface area contributed by atoms with E-state index in [9.17, 15) is 20.2 Å². The van der Waals surface area contributed by atoms with Gasteiger partial charge in [0.2, 0.25) is 0 Å². The van der Waals surface area contributed by atoms with E-state index in [0.29, 0.717) is 0 Å². The lowest BCUT2D eigenvalue weighted by molar-refractivity contribution is -0.385. The number of hydrogen-bond acceptors (Lipinski definition) is 6. The summed E-state index contributed by atoms with van der Waals surface area (Å²) in [5, 5.41) is 33.7. The van der Waals surface area contributed by atoms with Crippen LogP contribution in [-0.4, -0.2) is 28.1 Å². The number of nitrogens with zero attached hydrogens (tertiary/aromatic N) is 6. The van der Waals surface area contributed by atoms with Crippen LogP contribution >= 0.6 is 0 Å². The van der Waals surface area contributed by atoms with Crippen molar-refractivity contribution in [2.45, 2.75) is 10.8 Å². The summed E-state index contributed by atoms with van der Waals surface area (Å²) in [7, 11) is 0. The Morgan fingerprint density at radius 1 is 0.201 bits per heavy atom. The molecule has 2 aliphatic rings. The maximum atomic E-state index is 12.1. The number of fused-ring (bicyclic) bond motifs is 18. The van der Waals surface area contributed by atoms with E-state index in [2.05, 4.69) is 394 Å². The summed E-state index contributed by atoms with van der Waals surface area (Å²) < 4.78 is 9.35. The topological polar surface area (TPSA) is 158 Å². The van der Waals surface area contributed by atoms with Gasteiger partial charge in [0.1, 0.15) is 0 Å². The first-order chi connectivity index (χ1) is 65.9. The van der Waals surface area contributed by atoms with Gasteiger partial charge < -0.3 is 29.7 Å². The van der Waals surface area contributed by atoms with E-state index in [4.69, 9.17) is 11.5 Å². The molecule has 0 aliphatic heterocycles. The van der Waals surface area contributed by atoms with Gasteiger partial charge in [0.25, 0.3) is 11.4 Å². The lowest BCUT2D eigenvalue weighted by Gasteiger charge is -2.34. The summed E-state index contributed by atoms with van der Waals surface area (Å²) in [6, 6.07) is 162. The van der Waals surface area contributed by atoms with Crippen molar-refractivity contribution in [2.75, 3.05) is 11.5 Å². The van der Waals surface area contributed by atoms with E-state index in [-0.39, 0.29) is 22.6 Å². The third-order valence-electron chi connectivity index (χ3n) is 28.1. The Bertz CT molecular complexity index is 8420. The van der Waals surface area contributed by atoms with Crippen LogP contribution in [0.15, 0.2) is 461 Å². The second-order valence-electron chi connectivity index (χ2n) is 35.1. The first-order valence-electron chi connectivity index (χ1n) is 45.1. The van der Waals surface area contributed by atoms with Crippen molar-refractivity contribution in [3.8, 4) is 89.5 Å². The van der Waals surface area contributed by atoms with Crippen molar-refractivity contribution in [3.05, 3.63) is 526 Å². The number of nitro benzene ring substituents is 2. The maximum absolute atomic E-state index is 12.1. The standard InChI is InChI=1S/C61H38N4O4.C61H42N4.H2/c66-64(67)47-27-23-43(24-28-47)61(44-25-29-48(30-26-44)65(68)69)55-37-41(39-21-33-59-53(35-39)51-15-7-9-17-57(51)62(59)45-11-3-1-4-12-45)19-31-49(55)50-32-20-42(38-56(50)61)40-22-34-60-54(36-40)52-16-8-10-18-58(52)63(60)46-13-5-2-6-14-46;62-45-27-23-43(24-28-45)61(44-25-29-46(63)30-26-44)55-37-41(39-21-33-59-53(35-39)51-15-7-9-17-57(51)64(59)47-11-3-1-4-12-47)19-31-49(55)50-32-20-42(38-56(50)61)40-22-34-60-54(36-40)52-16-8-10-18-58(52)65(60)48-13-5-2-6-14-48;/h1-38H;1-38H,62-63H2;1H. The number of nitro groups is 2. The summed E-state index contributed by atoms with van der Waals surface area (Å²) >= 11 is 0. The number of rotatable bonds is 14. The SMILES string of the molecule is Nc1ccc(C2(c3ccc(N)cc3)c3cc(-c4ccc5c(c4)c4ccccc4n5-c4ccccc4)ccc3-c3ccc(-c4ccc5c(c4)c4ccccc4n5-c4ccccc4)cc32)cc1.O=[N+]([O-])c1ccc(C2(c3ccc([N+](=O)[O-])cc3)c3cc(-c4ccc5c(c4)c4ccccc4n5-c4ccccc4)ccc3-c3ccc(-c4ccc5c(c4)c4ccccc4n5-c4ccccc4)cc32)cc1.[HH]. The van der Waals surface area contributed by atoms with Gasteiger partial charge >= 0.3 is 0 Å². The van der Waals surface area contributed by atoms with Gasteiger partial charge in [0.15, 0.2) is 0 Å². The highest BCUT2D eigenvalue weighted by atomic mass is 16.6. The van der Waals surface area contributed by atoms with Crippen LogP contribution in [-0.2, 0) is 10.8 Å². The van der Waals surface area contributed by atoms with Crippen LogP contribution in [0, 0.1) is 20.2 Å². The molecule has 0 amide bonds. The van der Waals surface area contributed by atoms with E-state index >= 15 is 0 Å². The number of hydrogen-bond donors (Lipinski definition) is 2. The predicted molar refractivity (Wildman–Crippen MR) is 551 cm³/mol. The van der Waals surface area contributed by atoms with Gasteiger partial charge in [0.05, 0.1) is 64.8 Å². The van der Waals surface area contributed by atoms with Crippen LogP contribution in [0.5, 0.6) is 0 Å². The molecule has 4 aromatic heterocycles. The van der Waals surface area contributed by atoms with Crippen LogP contribution in [0.2, 0.25) is 0 Å². The average molecular weight is 1720 g/mol. The largest absolute Gasteiger partial charge is 0.399 e. The van der Waals surface area contributed by atoms with Crippen LogP contribution in [0.25, 0.3) is 177 Å². The number of nitrogens with two attached hydrogens (primary N) is 2. The molecule has 0 atom stereocenters. The summed E-state index contributed by atoms with van der Waals surface area (Å²) in [5.41, 5.74) is 47.7. The maximum Gasteiger partial charge on any atom is 0.269 e. The highest BCUT2D eigenvalue weighted by molar-refractivity contribution is 6.15. The molecule has 12 heteroatoms. The molecule has 4 heterocycles. The Morgan fingerprint density at radius 3 is 0.627 bits per heavy atom. The molecule has 0 spiro atoms.